The van der Waals surface area contributed by atoms with Crippen molar-refractivity contribution < 1.29 is 0 Å². The van der Waals surface area contributed by atoms with E-state index >= 15 is 0 Å². The second-order valence-electron chi connectivity index (χ2n) is 5.36. The maximum Gasteiger partial charge on any atom is 0.0328 e. The van der Waals surface area contributed by atoms with Crippen LogP contribution in [-0.2, 0) is 0 Å². The van der Waals surface area contributed by atoms with Gasteiger partial charge in [0, 0.05) is 25.3 Å². The summed E-state index contributed by atoms with van der Waals surface area (Å²) in [4.78, 5) is 2.52. The van der Waals surface area contributed by atoms with Crippen LogP contribution in [0.2, 0.25) is 0 Å². The normalized spacial score (nSPS) is 30.1. The van der Waals surface area contributed by atoms with Crippen molar-refractivity contribution in [3.63, 3.8) is 0 Å². The summed E-state index contributed by atoms with van der Waals surface area (Å²) in [6.07, 6.45) is 12.2. The van der Waals surface area contributed by atoms with Gasteiger partial charge in [0.25, 0.3) is 0 Å². The number of hydrogen-bond acceptors (Lipinski definition) is 2. The Kier molecular flexibility index (Phi) is 4.05. The van der Waals surface area contributed by atoms with Crippen LogP contribution in [0, 0.1) is 5.92 Å². The molecule has 0 aromatic heterocycles. The van der Waals surface area contributed by atoms with Crippen LogP contribution in [0.5, 0.6) is 0 Å². The Morgan fingerprint density at radius 2 is 2.06 bits per heavy atom. The third-order valence-corrected chi connectivity index (χ3v) is 3.90. The van der Waals surface area contributed by atoms with Crippen LogP contribution >= 0.6 is 0 Å². The highest BCUT2D eigenvalue weighted by Gasteiger charge is 2.21. The summed E-state index contributed by atoms with van der Waals surface area (Å²) in [7, 11) is 2.27. The monoisotopic (exact) mass is 220 g/mol. The van der Waals surface area contributed by atoms with E-state index in [4.69, 9.17) is 0 Å². The van der Waals surface area contributed by atoms with Crippen LogP contribution in [-0.4, -0.2) is 31.1 Å². The molecule has 0 saturated heterocycles. The average molecular weight is 220 g/mol. The Bertz CT molecular complexity index is 272. The number of likely N-dealkylation sites (N-methyl/N-ethyl adjacent to an activating group) is 1. The number of dihydropyridines is 1. The maximum absolute atomic E-state index is 3.27. The Hall–Kier alpha value is -0.760. The van der Waals surface area contributed by atoms with Crippen molar-refractivity contribution in [1.29, 1.82) is 0 Å². The van der Waals surface area contributed by atoms with Crippen LogP contribution < -0.4 is 5.32 Å². The molecule has 2 aliphatic rings. The lowest BCUT2D eigenvalue weighted by Crippen LogP contribution is -2.36. The fourth-order valence-electron chi connectivity index (χ4n) is 2.72. The highest BCUT2D eigenvalue weighted by Crippen LogP contribution is 2.26. The second kappa shape index (κ2) is 5.53. The third-order valence-electron chi connectivity index (χ3n) is 3.90. The fourth-order valence-corrected chi connectivity index (χ4v) is 2.72. The van der Waals surface area contributed by atoms with Gasteiger partial charge in [-0.2, -0.15) is 0 Å². The first-order valence-electron chi connectivity index (χ1n) is 6.55. The van der Waals surface area contributed by atoms with Gasteiger partial charge >= 0.3 is 0 Å². The van der Waals surface area contributed by atoms with Crippen molar-refractivity contribution in [2.24, 2.45) is 5.92 Å². The zero-order valence-corrected chi connectivity index (χ0v) is 10.6. The van der Waals surface area contributed by atoms with Gasteiger partial charge in [0.15, 0.2) is 0 Å². The summed E-state index contributed by atoms with van der Waals surface area (Å²) in [6.45, 7) is 4.45. The standard InChI is InChI=1S/C14H24N2/c1-12-5-7-14(8-6-12)16(2)11-13-4-3-9-15-10-13/h3-4,10,12,14-15H,5-9,11H2,1-2H3. The molecule has 1 saturated carbocycles. The molecule has 2 rings (SSSR count). The van der Waals surface area contributed by atoms with E-state index in [9.17, 15) is 0 Å². The molecule has 0 amide bonds. The molecule has 1 heterocycles. The van der Waals surface area contributed by atoms with Crippen LogP contribution in [0.25, 0.3) is 0 Å². The van der Waals surface area contributed by atoms with E-state index in [0.29, 0.717) is 0 Å². The van der Waals surface area contributed by atoms with Crippen molar-refractivity contribution in [2.75, 3.05) is 20.1 Å². The van der Waals surface area contributed by atoms with Crippen molar-refractivity contribution in [3.8, 4) is 0 Å². The van der Waals surface area contributed by atoms with Gasteiger partial charge in [0.1, 0.15) is 0 Å². The minimum absolute atomic E-state index is 0.799. The molecule has 0 atom stereocenters. The molecule has 1 aliphatic heterocycles. The minimum atomic E-state index is 0.799. The Balaban J connectivity index is 1.81. The molecule has 0 aromatic carbocycles. The zero-order chi connectivity index (χ0) is 11.4. The van der Waals surface area contributed by atoms with Crippen molar-refractivity contribution in [3.05, 3.63) is 23.9 Å². The highest BCUT2D eigenvalue weighted by atomic mass is 15.1. The van der Waals surface area contributed by atoms with Gasteiger partial charge in [-0.1, -0.05) is 19.1 Å². The van der Waals surface area contributed by atoms with Crippen LogP contribution in [0.4, 0.5) is 0 Å². The Labute approximate surface area is 99.4 Å². The number of rotatable bonds is 3. The lowest BCUT2D eigenvalue weighted by atomic mass is 9.86. The first-order valence-corrected chi connectivity index (χ1v) is 6.55. The zero-order valence-electron chi connectivity index (χ0n) is 10.6. The fraction of sp³-hybridized carbons (Fsp3) is 0.714. The molecule has 1 aliphatic carbocycles. The summed E-state index contributed by atoms with van der Waals surface area (Å²) in [6, 6.07) is 0.799. The van der Waals surface area contributed by atoms with Crippen LogP contribution in [0.15, 0.2) is 23.9 Å². The molecule has 0 bridgehead atoms. The molecule has 0 unspecified atom stereocenters. The van der Waals surface area contributed by atoms with Gasteiger partial charge < -0.3 is 5.32 Å². The van der Waals surface area contributed by atoms with Crippen molar-refractivity contribution in [2.45, 2.75) is 38.6 Å². The van der Waals surface area contributed by atoms with E-state index in [2.05, 4.69) is 42.5 Å². The van der Waals surface area contributed by atoms with E-state index < -0.39 is 0 Å². The van der Waals surface area contributed by atoms with Crippen LogP contribution in [0.1, 0.15) is 32.6 Å². The second-order valence-corrected chi connectivity index (χ2v) is 5.36. The van der Waals surface area contributed by atoms with Gasteiger partial charge in [-0.25, -0.2) is 0 Å². The van der Waals surface area contributed by atoms with E-state index in [1.54, 1.807) is 0 Å². The van der Waals surface area contributed by atoms with Gasteiger partial charge in [0.2, 0.25) is 0 Å². The highest BCUT2D eigenvalue weighted by molar-refractivity contribution is 5.23. The molecule has 16 heavy (non-hydrogen) atoms. The Morgan fingerprint density at radius 3 is 2.69 bits per heavy atom. The van der Waals surface area contributed by atoms with E-state index in [1.165, 1.54) is 31.3 Å². The van der Waals surface area contributed by atoms with Gasteiger partial charge in [-0.3, -0.25) is 4.90 Å². The molecule has 0 radical (unpaired) electrons. The molecular formula is C14H24N2. The number of nitrogens with zero attached hydrogens (tertiary/aromatic N) is 1. The summed E-state index contributed by atoms with van der Waals surface area (Å²) >= 11 is 0. The van der Waals surface area contributed by atoms with E-state index in [0.717, 1.165) is 25.0 Å². The SMILES string of the molecule is CC1CCC(N(C)CC2=CNCC=C2)CC1. The average Bonchev–Trinajstić information content (AvgIpc) is 2.31. The Morgan fingerprint density at radius 1 is 1.31 bits per heavy atom. The molecule has 1 N–H and O–H groups in total. The molecule has 2 nitrogen and oxygen atoms in total. The largest absolute Gasteiger partial charge is 0.387 e. The maximum atomic E-state index is 3.27. The van der Waals surface area contributed by atoms with Crippen molar-refractivity contribution >= 4 is 0 Å². The van der Waals surface area contributed by atoms with Gasteiger partial charge in [-0.05, 0) is 44.2 Å². The third kappa shape index (κ3) is 3.11. The molecule has 1 fully saturated rings. The van der Waals surface area contributed by atoms with E-state index in [-0.39, 0.29) is 0 Å². The molecular weight excluding hydrogens is 196 g/mol. The quantitative estimate of drug-likeness (QED) is 0.786. The molecule has 2 heteroatoms. The van der Waals surface area contributed by atoms with Crippen molar-refractivity contribution in [1.82, 2.24) is 10.2 Å². The first kappa shape index (κ1) is 11.7. The number of nitrogens with one attached hydrogen (secondary N) is 1. The topological polar surface area (TPSA) is 15.3 Å². The lowest BCUT2D eigenvalue weighted by molar-refractivity contribution is 0.182. The lowest BCUT2D eigenvalue weighted by Gasteiger charge is -2.34. The summed E-state index contributed by atoms with van der Waals surface area (Å²) < 4.78 is 0. The van der Waals surface area contributed by atoms with Gasteiger partial charge in [-0.15, -0.1) is 0 Å². The smallest absolute Gasteiger partial charge is 0.0328 e. The predicted molar refractivity (Wildman–Crippen MR) is 69.3 cm³/mol. The molecule has 0 spiro atoms. The first-order chi connectivity index (χ1) is 7.75. The molecule has 0 aromatic rings. The predicted octanol–water partition coefficient (Wildman–Crippen LogP) is 2.54. The summed E-state index contributed by atoms with van der Waals surface area (Å²) in [5.41, 5.74) is 1.41. The van der Waals surface area contributed by atoms with Gasteiger partial charge in [0.05, 0.1) is 0 Å². The minimum Gasteiger partial charge on any atom is -0.387 e. The molecule has 90 valence electrons. The summed E-state index contributed by atoms with van der Waals surface area (Å²) in [5.74, 6) is 0.945. The number of hydrogen-bond donors (Lipinski definition) is 1. The van der Waals surface area contributed by atoms with E-state index in [1.807, 2.05) is 0 Å². The summed E-state index contributed by atoms with van der Waals surface area (Å²) in [5, 5.41) is 3.27. The van der Waals surface area contributed by atoms with Crippen LogP contribution in [0.3, 0.4) is 0 Å².